The highest BCUT2D eigenvalue weighted by atomic mass is 35.5. The number of aromatic nitrogens is 3. The number of benzene rings is 1. The molecule has 1 aromatic carbocycles. The second-order valence-electron chi connectivity index (χ2n) is 9.90. The molecule has 2 aromatic heterocycles. The molecule has 0 amide bonds. The topological polar surface area (TPSA) is 126 Å². The standard InChI is InChI=1S/C26H26ClF3N6O3/c27-16-3-4-17(18(10-16)15-2-1-7-32-13-15)22(26(28,29)30)39-21-11-20(34-24(31)35-21)36-8-5-25(6-9-36)12-19(23(37)38)33-14-25/h1-4,7,10-11,13,19,22,33H,5-6,8-9,12,14H2,(H,37,38)(H2,31,34,35)/t19-,22+/m0/s1. The summed E-state index contributed by atoms with van der Waals surface area (Å²) in [5.41, 5.74) is 6.27. The van der Waals surface area contributed by atoms with Crippen molar-refractivity contribution in [3.05, 3.63) is 59.4 Å². The number of hydrogen-bond donors (Lipinski definition) is 3. The Kier molecular flexibility index (Phi) is 7.25. The first kappa shape index (κ1) is 26.9. The van der Waals surface area contributed by atoms with E-state index in [1.165, 1.54) is 36.7 Å². The van der Waals surface area contributed by atoms with Gasteiger partial charge in [0, 0.05) is 54.2 Å². The first-order valence-electron chi connectivity index (χ1n) is 12.3. The molecule has 0 saturated carbocycles. The summed E-state index contributed by atoms with van der Waals surface area (Å²) in [6.45, 7) is 1.68. The van der Waals surface area contributed by atoms with Crippen LogP contribution in [0.5, 0.6) is 5.88 Å². The van der Waals surface area contributed by atoms with Gasteiger partial charge in [0.1, 0.15) is 11.9 Å². The average Bonchev–Trinajstić information content (AvgIpc) is 3.31. The molecule has 5 rings (SSSR count). The van der Waals surface area contributed by atoms with Gasteiger partial charge in [0.25, 0.3) is 0 Å². The van der Waals surface area contributed by atoms with Crippen LogP contribution in [0.15, 0.2) is 48.8 Å². The van der Waals surface area contributed by atoms with E-state index in [2.05, 4.69) is 20.3 Å². The molecule has 0 aliphatic carbocycles. The monoisotopic (exact) mass is 562 g/mol. The first-order valence-corrected chi connectivity index (χ1v) is 12.7. The largest absolute Gasteiger partial charge is 0.480 e. The molecule has 0 unspecified atom stereocenters. The Morgan fingerprint density at radius 2 is 2.00 bits per heavy atom. The molecule has 9 nitrogen and oxygen atoms in total. The van der Waals surface area contributed by atoms with Crippen LogP contribution in [-0.2, 0) is 4.79 Å². The number of hydrogen-bond acceptors (Lipinski definition) is 8. The lowest BCUT2D eigenvalue weighted by molar-refractivity contribution is -0.198. The van der Waals surface area contributed by atoms with E-state index in [0.717, 1.165) is 0 Å². The van der Waals surface area contributed by atoms with Crippen molar-refractivity contribution in [1.29, 1.82) is 0 Å². The minimum Gasteiger partial charge on any atom is -0.480 e. The number of nitrogens with zero attached hydrogens (tertiary/aromatic N) is 4. The molecule has 0 radical (unpaired) electrons. The van der Waals surface area contributed by atoms with Gasteiger partial charge >= 0.3 is 12.1 Å². The van der Waals surface area contributed by atoms with Crippen molar-refractivity contribution in [2.45, 2.75) is 37.6 Å². The van der Waals surface area contributed by atoms with Gasteiger partial charge in [0.15, 0.2) is 0 Å². The summed E-state index contributed by atoms with van der Waals surface area (Å²) in [6.07, 6.45) is -2.25. The highest BCUT2D eigenvalue weighted by Gasteiger charge is 2.46. The number of carboxylic acids is 1. The van der Waals surface area contributed by atoms with E-state index in [4.69, 9.17) is 22.1 Å². The normalized spacial score (nSPS) is 19.7. The molecule has 2 saturated heterocycles. The Morgan fingerprint density at radius 3 is 2.64 bits per heavy atom. The predicted molar refractivity (Wildman–Crippen MR) is 138 cm³/mol. The van der Waals surface area contributed by atoms with Crippen LogP contribution in [-0.4, -0.2) is 57.9 Å². The van der Waals surface area contributed by atoms with Crippen LogP contribution in [0.3, 0.4) is 0 Å². The summed E-state index contributed by atoms with van der Waals surface area (Å²) in [4.78, 5) is 25.4. The predicted octanol–water partition coefficient (Wildman–Crippen LogP) is 4.49. The summed E-state index contributed by atoms with van der Waals surface area (Å²) < 4.78 is 48.7. The summed E-state index contributed by atoms with van der Waals surface area (Å²) in [6, 6.07) is 8.11. The highest BCUT2D eigenvalue weighted by Crippen LogP contribution is 2.43. The zero-order valence-corrected chi connectivity index (χ0v) is 21.4. The molecule has 4 heterocycles. The lowest BCUT2D eigenvalue weighted by Crippen LogP contribution is -2.41. The number of piperidine rings is 1. The molecule has 2 fully saturated rings. The summed E-state index contributed by atoms with van der Waals surface area (Å²) in [7, 11) is 0. The summed E-state index contributed by atoms with van der Waals surface area (Å²) >= 11 is 6.12. The van der Waals surface area contributed by atoms with Crippen molar-refractivity contribution >= 4 is 29.3 Å². The third-order valence-corrected chi connectivity index (χ3v) is 7.55. The number of aliphatic carboxylic acids is 1. The number of alkyl halides is 3. The number of nitrogen functional groups attached to an aromatic ring is 1. The fourth-order valence-corrected chi connectivity index (χ4v) is 5.46. The Bertz CT molecular complexity index is 1350. The number of ether oxygens (including phenoxy) is 1. The van der Waals surface area contributed by atoms with Gasteiger partial charge in [-0.2, -0.15) is 23.1 Å². The Morgan fingerprint density at radius 1 is 1.23 bits per heavy atom. The Balaban J connectivity index is 1.40. The van der Waals surface area contributed by atoms with E-state index in [0.29, 0.717) is 50.3 Å². The third kappa shape index (κ3) is 5.86. The van der Waals surface area contributed by atoms with Crippen molar-refractivity contribution in [3.63, 3.8) is 0 Å². The second-order valence-corrected chi connectivity index (χ2v) is 10.3. The fraction of sp³-hybridized carbons (Fsp3) is 0.385. The van der Waals surface area contributed by atoms with Crippen molar-refractivity contribution < 1.29 is 27.8 Å². The van der Waals surface area contributed by atoms with Gasteiger partial charge in [-0.3, -0.25) is 9.78 Å². The van der Waals surface area contributed by atoms with Gasteiger partial charge in [-0.1, -0.05) is 23.7 Å². The molecular formula is C26H26ClF3N6O3. The maximum absolute atomic E-state index is 14.4. The van der Waals surface area contributed by atoms with Crippen LogP contribution in [0.2, 0.25) is 5.02 Å². The van der Waals surface area contributed by atoms with Crippen LogP contribution in [0, 0.1) is 5.41 Å². The average molecular weight is 563 g/mol. The van der Waals surface area contributed by atoms with Crippen molar-refractivity contribution in [3.8, 4) is 17.0 Å². The molecule has 3 aromatic rings. The SMILES string of the molecule is Nc1nc(O[C@H](c2ccc(Cl)cc2-c2cccnc2)C(F)(F)F)cc(N2CCC3(CC2)CN[C@H](C(=O)O)C3)n1. The van der Waals surface area contributed by atoms with Gasteiger partial charge in [-0.25, -0.2) is 0 Å². The minimum absolute atomic E-state index is 0.143. The van der Waals surface area contributed by atoms with Gasteiger partial charge in [0.2, 0.25) is 17.9 Å². The fourth-order valence-electron chi connectivity index (χ4n) is 5.29. The minimum atomic E-state index is -4.79. The second kappa shape index (κ2) is 10.5. The van der Waals surface area contributed by atoms with Crippen LogP contribution in [0.4, 0.5) is 24.9 Å². The summed E-state index contributed by atoms with van der Waals surface area (Å²) in [5, 5.41) is 12.6. The van der Waals surface area contributed by atoms with Crippen LogP contribution < -0.4 is 20.7 Å². The van der Waals surface area contributed by atoms with E-state index >= 15 is 0 Å². The molecule has 13 heteroatoms. The number of pyridine rings is 1. The molecule has 1 spiro atoms. The number of nitrogens with one attached hydrogen (secondary N) is 1. The van der Waals surface area contributed by atoms with Crippen molar-refractivity contribution in [2.24, 2.45) is 5.41 Å². The number of rotatable bonds is 6. The number of halogens is 4. The van der Waals surface area contributed by atoms with Crippen LogP contribution >= 0.6 is 11.6 Å². The molecule has 2 aliphatic heterocycles. The number of anilines is 2. The maximum Gasteiger partial charge on any atom is 0.429 e. The van der Waals surface area contributed by atoms with Gasteiger partial charge in [-0.05, 0) is 48.4 Å². The number of carbonyl (C=O) groups is 1. The molecule has 2 atom stereocenters. The number of carboxylic acid groups (broad SMARTS) is 1. The molecule has 206 valence electrons. The van der Waals surface area contributed by atoms with E-state index < -0.39 is 24.3 Å². The van der Waals surface area contributed by atoms with Crippen molar-refractivity contribution in [2.75, 3.05) is 30.3 Å². The third-order valence-electron chi connectivity index (χ3n) is 7.32. The van der Waals surface area contributed by atoms with Gasteiger partial charge in [0.05, 0.1) is 0 Å². The zero-order valence-electron chi connectivity index (χ0n) is 20.7. The van der Waals surface area contributed by atoms with Crippen LogP contribution in [0.1, 0.15) is 30.9 Å². The highest BCUT2D eigenvalue weighted by molar-refractivity contribution is 6.30. The maximum atomic E-state index is 14.4. The zero-order chi connectivity index (χ0) is 27.8. The molecular weight excluding hydrogens is 537 g/mol. The lowest BCUT2D eigenvalue weighted by atomic mass is 9.76. The molecule has 39 heavy (non-hydrogen) atoms. The Hall–Kier alpha value is -3.64. The Labute approximate surface area is 227 Å². The van der Waals surface area contributed by atoms with Gasteiger partial charge in [-0.15, -0.1) is 0 Å². The number of nitrogens with two attached hydrogens (primary N) is 1. The van der Waals surface area contributed by atoms with E-state index in [1.54, 1.807) is 12.1 Å². The lowest BCUT2D eigenvalue weighted by Gasteiger charge is -2.39. The van der Waals surface area contributed by atoms with Crippen LogP contribution in [0.25, 0.3) is 11.1 Å². The van der Waals surface area contributed by atoms with E-state index in [1.807, 2.05) is 4.90 Å². The first-order chi connectivity index (χ1) is 18.5. The van der Waals surface area contributed by atoms with Gasteiger partial charge < -0.3 is 25.8 Å². The molecule has 0 bridgehead atoms. The summed E-state index contributed by atoms with van der Waals surface area (Å²) in [5.74, 6) is -1.06. The molecule has 2 aliphatic rings. The van der Waals surface area contributed by atoms with E-state index in [-0.39, 0.29) is 33.4 Å². The van der Waals surface area contributed by atoms with E-state index in [9.17, 15) is 23.1 Å². The molecule has 4 N–H and O–H groups in total. The van der Waals surface area contributed by atoms with Crippen molar-refractivity contribution in [1.82, 2.24) is 20.3 Å². The smallest absolute Gasteiger partial charge is 0.429 e. The quantitative estimate of drug-likeness (QED) is 0.398.